The number of amides is 2. The van der Waals surface area contributed by atoms with Crippen LogP contribution in [-0.4, -0.2) is 18.4 Å². The fourth-order valence-electron chi connectivity index (χ4n) is 3.12. The third kappa shape index (κ3) is 2.29. The van der Waals surface area contributed by atoms with E-state index in [2.05, 4.69) is 12.2 Å². The first-order valence-corrected chi connectivity index (χ1v) is 7.70. The second-order valence-electron chi connectivity index (χ2n) is 5.45. The van der Waals surface area contributed by atoms with Gasteiger partial charge in [-0.25, -0.2) is 0 Å². The van der Waals surface area contributed by atoms with Crippen molar-refractivity contribution in [2.24, 2.45) is 0 Å². The van der Waals surface area contributed by atoms with Crippen molar-refractivity contribution in [3.8, 4) is 0 Å². The van der Waals surface area contributed by atoms with E-state index in [0.29, 0.717) is 17.7 Å². The lowest BCUT2D eigenvalue weighted by Crippen LogP contribution is -2.35. The topological polar surface area (TPSA) is 55.4 Å². The van der Waals surface area contributed by atoms with Gasteiger partial charge in [0.05, 0.1) is 11.7 Å². The van der Waals surface area contributed by atoms with Crippen molar-refractivity contribution in [1.29, 1.82) is 0 Å². The molecule has 114 valence electrons. The first-order chi connectivity index (χ1) is 10.7. The fourth-order valence-corrected chi connectivity index (χ4v) is 3.12. The van der Waals surface area contributed by atoms with Crippen LogP contribution in [0.3, 0.4) is 0 Å². The second kappa shape index (κ2) is 5.89. The summed E-state index contributed by atoms with van der Waals surface area (Å²) < 4.78 is 5.83. The van der Waals surface area contributed by atoms with Crippen LogP contribution in [0.25, 0.3) is 10.8 Å². The highest BCUT2D eigenvalue weighted by Crippen LogP contribution is 2.34. The maximum Gasteiger partial charge on any atom is 0.259 e. The van der Waals surface area contributed by atoms with Crippen LogP contribution in [0.1, 0.15) is 59.1 Å². The molecule has 1 aliphatic heterocycles. The third-order valence-corrected chi connectivity index (χ3v) is 4.04. The van der Waals surface area contributed by atoms with Gasteiger partial charge in [0.1, 0.15) is 0 Å². The summed E-state index contributed by atoms with van der Waals surface area (Å²) in [5.41, 5.74) is 2.01. The van der Waals surface area contributed by atoms with Gasteiger partial charge in [-0.1, -0.05) is 37.6 Å². The summed E-state index contributed by atoms with van der Waals surface area (Å²) in [6.45, 7) is 4.63. The van der Waals surface area contributed by atoms with Gasteiger partial charge in [-0.15, -0.1) is 0 Å². The fraction of sp³-hybridized carbons (Fsp3) is 0.333. The van der Waals surface area contributed by atoms with Gasteiger partial charge in [-0.2, -0.15) is 0 Å². The van der Waals surface area contributed by atoms with Crippen molar-refractivity contribution in [2.75, 3.05) is 6.61 Å². The molecule has 0 saturated carbocycles. The molecule has 2 amide bonds. The molecule has 0 fully saturated rings. The van der Waals surface area contributed by atoms with Crippen LogP contribution in [0.4, 0.5) is 0 Å². The zero-order chi connectivity index (χ0) is 15.7. The first kappa shape index (κ1) is 14.7. The van der Waals surface area contributed by atoms with Gasteiger partial charge in [-0.3, -0.25) is 14.9 Å². The monoisotopic (exact) mass is 297 g/mol. The number of nitrogens with one attached hydrogen (secondary N) is 1. The first-order valence-electron chi connectivity index (χ1n) is 7.70. The minimum Gasteiger partial charge on any atom is -0.374 e. The maximum atomic E-state index is 12.4. The normalized spacial score (nSPS) is 15.0. The molecule has 0 saturated heterocycles. The predicted octanol–water partition coefficient (Wildman–Crippen LogP) is 3.60. The molecular formula is C18H19NO3. The Bertz CT molecular complexity index is 745. The van der Waals surface area contributed by atoms with E-state index >= 15 is 0 Å². The summed E-state index contributed by atoms with van der Waals surface area (Å²) in [5, 5.41) is 4.09. The molecule has 0 aromatic heterocycles. The van der Waals surface area contributed by atoms with Gasteiger partial charge < -0.3 is 4.74 Å². The number of ether oxygens (including phenoxy) is 1. The Morgan fingerprint density at radius 2 is 1.91 bits per heavy atom. The smallest absolute Gasteiger partial charge is 0.259 e. The molecule has 2 aromatic carbocycles. The standard InChI is InChI=1S/C18H19NO3/c1-3-6-14(22-4-2)12-10-9-11-7-5-8-13-15(11)16(12)18(21)19-17(13)20/h5,7-10,14H,3-4,6H2,1-2H3,(H,19,20,21). The number of hydrogen-bond donors (Lipinski definition) is 1. The number of carbonyl (C=O) groups excluding carboxylic acids is 2. The summed E-state index contributed by atoms with van der Waals surface area (Å²) in [7, 11) is 0. The molecule has 2 aromatic rings. The summed E-state index contributed by atoms with van der Waals surface area (Å²) in [6, 6.07) is 9.43. The van der Waals surface area contributed by atoms with Gasteiger partial charge in [0.2, 0.25) is 0 Å². The Morgan fingerprint density at radius 1 is 1.09 bits per heavy atom. The number of rotatable bonds is 5. The van der Waals surface area contributed by atoms with Crippen LogP contribution >= 0.6 is 0 Å². The minimum absolute atomic E-state index is 0.124. The van der Waals surface area contributed by atoms with E-state index in [1.165, 1.54) is 0 Å². The molecule has 0 aliphatic carbocycles. The van der Waals surface area contributed by atoms with Gasteiger partial charge >= 0.3 is 0 Å². The zero-order valence-corrected chi connectivity index (χ0v) is 12.8. The van der Waals surface area contributed by atoms with Crippen LogP contribution in [0, 0.1) is 0 Å². The number of benzene rings is 2. The lowest BCUT2D eigenvalue weighted by atomic mass is 9.88. The average Bonchev–Trinajstić information content (AvgIpc) is 2.51. The zero-order valence-electron chi connectivity index (χ0n) is 12.8. The van der Waals surface area contributed by atoms with Crippen LogP contribution in [-0.2, 0) is 4.74 Å². The lowest BCUT2D eigenvalue weighted by molar-refractivity contribution is 0.0544. The summed E-state index contributed by atoms with van der Waals surface area (Å²) in [4.78, 5) is 24.5. The average molecular weight is 297 g/mol. The van der Waals surface area contributed by atoms with Crippen LogP contribution < -0.4 is 5.32 Å². The van der Waals surface area contributed by atoms with Crippen molar-refractivity contribution < 1.29 is 14.3 Å². The molecular weight excluding hydrogens is 278 g/mol. The number of hydrogen-bond acceptors (Lipinski definition) is 3. The van der Waals surface area contributed by atoms with Crippen LogP contribution in [0.15, 0.2) is 30.3 Å². The van der Waals surface area contributed by atoms with Crippen molar-refractivity contribution in [2.45, 2.75) is 32.8 Å². The quantitative estimate of drug-likeness (QED) is 0.858. The molecule has 3 rings (SSSR count). The minimum atomic E-state index is -0.330. The molecule has 4 nitrogen and oxygen atoms in total. The lowest BCUT2D eigenvalue weighted by Gasteiger charge is -2.24. The molecule has 1 atom stereocenters. The van der Waals surface area contributed by atoms with Crippen molar-refractivity contribution in [1.82, 2.24) is 5.32 Å². The third-order valence-electron chi connectivity index (χ3n) is 4.04. The largest absolute Gasteiger partial charge is 0.374 e. The molecule has 0 bridgehead atoms. The van der Waals surface area contributed by atoms with Gasteiger partial charge in [-0.05, 0) is 30.4 Å². The van der Waals surface area contributed by atoms with Crippen molar-refractivity contribution >= 4 is 22.6 Å². The molecule has 4 heteroatoms. The van der Waals surface area contributed by atoms with E-state index in [-0.39, 0.29) is 17.9 Å². The van der Waals surface area contributed by atoms with Gasteiger partial charge in [0, 0.05) is 17.6 Å². The molecule has 0 spiro atoms. The van der Waals surface area contributed by atoms with E-state index in [4.69, 9.17) is 4.74 Å². The highest BCUT2D eigenvalue weighted by atomic mass is 16.5. The second-order valence-corrected chi connectivity index (χ2v) is 5.45. The number of carbonyl (C=O) groups is 2. The van der Waals surface area contributed by atoms with E-state index in [1.54, 1.807) is 6.07 Å². The summed E-state index contributed by atoms with van der Waals surface area (Å²) in [5.74, 6) is -0.659. The van der Waals surface area contributed by atoms with Crippen LogP contribution in [0.2, 0.25) is 0 Å². The highest BCUT2D eigenvalue weighted by molar-refractivity contribution is 6.26. The Hall–Kier alpha value is -2.20. The Morgan fingerprint density at radius 3 is 2.64 bits per heavy atom. The van der Waals surface area contributed by atoms with Crippen LogP contribution in [0.5, 0.6) is 0 Å². The maximum absolute atomic E-state index is 12.4. The number of imide groups is 1. The Balaban J connectivity index is 2.27. The molecule has 1 N–H and O–H groups in total. The Labute approximate surface area is 129 Å². The molecule has 1 unspecified atom stereocenters. The van der Waals surface area contributed by atoms with E-state index < -0.39 is 0 Å². The summed E-state index contributed by atoms with van der Waals surface area (Å²) in [6.07, 6.45) is 1.68. The molecule has 1 heterocycles. The summed E-state index contributed by atoms with van der Waals surface area (Å²) >= 11 is 0. The Kier molecular flexibility index (Phi) is 3.94. The highest BCUT2D eigenvalue weighted by Gasteiger charge is 2.29. The van der Waals surface area contributed by atoms with Gasteiger partial charge in [0.15, 0.2) is 0 Å². The van der Waals surface area contributed by atoms with Gasteiger partial charge in [0.25, 0.3) is 11.8 Å². The van der Waals surface area contributed by atoms with E-state index in [9.17, 15) is 9.59 Å². The molecule has 1 aliphatic rings. The van der Waals surface area contributed by atoms with E-state index in [1.807, 2.05) is 31.2 Å². The SMILES string of the molecule is CCCC(OCC)c1ccc2cccc3c2c1C(=O)NC3=O. The predicted molar refractivity (Wildman–Crippen MR) is 85.0 cm³/mol. The molecule has 22 heavy (non-hydrogen) atoms. The van der Waals surface area contributed by atoms with Crippen molar-refractivity contribution in [3.05, 3.63) is 47.0 Å². The van der Waals surface area contributed by atoms with E-state index in [0.717, 1.165) is 29.2 Å². The molecule has 0 radical (unpaired) electrons. The van der Waals surface area contributed by atoms with Crippen molar-refractivity contribution in [3.63, 3.8) is 0 Å².